The van der Waals surface area contributed by atoms with Crippen LogP contribution in [0.1, 0.15) is 5.69 Å². The number of nitrogens with zero attached hydrogens (tertiary/aromatic N) is 5. The van der Waals surface area contributed by atoms with Gasteiger partial charge < -0.3 is 19.9 Å². The predicted octanol–water partition coefficient (Wildman–Crippen LogP) is 6.26. The van der Waals surface area contributed by atoms with Crippen molar-refractivity contribution in [3.8, 4) is 22.8 Å². The first-order chi connectivity index (χ1) is 17.4. The lowest BCUT2D eigenvalue weighted by molar-refractivity contribution is 0.427. The Morgan fingerprint density at radius 1 is 1.00 bits per heavy atom. The van der Waals surface area contributed by atoms with Crippen molar-refractivity contribution in [1.29, 1.82) is 0 Å². The van der Waals surface area contributed by atoms with E-state index < -0.39 is 11.6 Å². The molecule has 0 atom stereocenters. The Bertz CT molecular complexity index is 1650. The molecule has 0 spiro atoms. The van der Waals surface area contributed by atoms with Crippen molar-refractivity contribution in [2.45, 2.75) is 13.5 Å². The molecule has 10 heteroatoms. The van der Waals surface area contributed by atoms with Gasteiger partial charge >= 0.3 is 0 Å². The smallest absolute Gasteiger partial charge is 0.219 e. The first-order valence-corrected chi connectivity index (χ1v) is 11.5. The topological polar surface area (TPSA) is 82.1 Å². The third kappa shape index (κ3) is 3.59. The highest BCUT2D eigenvalue weighted by Gasteiger charge is 2.31. The van der Waals surface area contributed by atoms with E-state index in [1.807, 2.05) is 22.5 Å². The molecule has 6 rings (SSSR count). The number of aromatic nitrogens is 4. The van der Waals surface area contributed by atoms with Gasteiger partial charge in [0.05, 0.1) is 11.1 Å². The van der Waals surface area contributed by atoms with E-state index in [1.165, 1.54) is 18.5 Å². The molecule has 2 N–H and O–H groups in total. The van der Waals surface area contributed by atoms with Crippen LogP contribution < -0.4 is 15.4 Å². The molecule has 0 saturated heterocycles. The van der Waals surface area contributed by atoms with Crippen LogP contribution >= 0.6 is 11.6 Å². The molecular formula is C26H19ClF2N6O. The van der Waals surface area contributed by atoms with E-state index in [-0.39, 0.29) is 16.6 Å². The zero-order valence-corrected chi connectivity index (χ0v) is 19.8. The standard InChI is InChI=1S/C26H19ClF2N6O/c1-14-3-2-4-21(33-14)36-20-8-5-15(11-18(20)29)22-23-24(27)31-13-32-25(23)35-10-9-34(26(22)35)16-6-7-17(28)19(30)12-16/h2-8,11-13H,9-10,30H2,1H3. The second kappa shape index (κ2) is 8.46. The molecule has 180 valence electrons. The zero-order valence-electron chi connectivity index (χ0n) is 19.0. The second-order valence-corrected chi connectivity index (χ2v) is 8.79. The van der Waals surface area contributed by atoms with Gasteiger partial charge in [0.1, 0.15) is 28.8 Å². The van der Waals surface area contributed by atoms with Crippen molar-refractivity contribution in [2.75, 3.05) is 17.2 Å². The maximum Gasteiger partial charge on any atom is 0.219 e. The fourth-order valence-electron chi connectivity index (χ4n) is 4.57. The van der Waals surface area contributed by atoms with Crippen LogP contribution in [0.5, 0.6) is 11.6 Å². The van der Waals surface area contributed by atoms with Gasteiger partial charge in [-0.1, -0.05) is 23.7 Å². The van der Waals surface area contributed by atoms with E-state index in [9.17, 15) is 4.39 Å². The van der Waals surface area contributed by atoms with Crippen LogP contribution in [-0.4, -0.2) is 26.1 Å². The molecule has 36 heavy (non-hydrogen) atoms. The number of hydrogen-bond donors (Lipinski definition) is 1. The maximum atomic E-state index is 15.3. The van der Waals surface area contributed by atoms with E-state index in [0.717, 1.165) is 11.5 Å². The van der Waals surface area contributed by atoms with Crippen LogP contribution in [0, 0.1) is 18.6 Å². The van der Waals surface area contributed by atoms with Gasteiger partial charge in [-0.15, -0.1) is 0 Å². The number of pyridine rings is 1. The van der Waals surface area contributed by atoms with Crippen LogP contribution in [0.15, 0.2) is 60.9 Å². The molecule has 5 aromatic rings. The molecular weight excluding hydrogens is 486 g/mol. The number of nitrogen functional groups attached to an aromatic ring is 1. The molecule has 1 aliphatic rings. The number of anilines is 3. The Balaban J connectivity index is 1.50. The third-order valence-electron chi connectivity index (χ3n) is 6.16. The Morgan fingerprint density at radius 2 is 1.86 bits per heavy atom. The first-order valence-electron chi connectivity index (χ1n) is 11.2. The number of halogens is 3. The van der Waals surface area contributed by atoms with Gasteiger partial charge in [0.25, 0.3) is 0 Å². The second-order valence-electron chi connectivity index (χ2n) is 8.44. The monoisotopic (exact) mass is 504 g/mol. The number of benzene rings is 2. The first kappa shape index (κ1) is 22.2. The Hall–Kier alpha value is -4.24. The summed E-state index contributed by atoms with van der Waals surface area (Å²) in [5.41, 5.74) is 9.20. The summed E-state index contributed by atoms with van der Waals surface area (Å²) >= 11 is 6.53. The number of hydrogen-bond acceptors (Lipinski definition) is 6. The van der Waals surface area contributed by atoms with Crippen molar-refractivity contribution in [3.05, 3.63) is 83.4 Å². The lowest BCUT2D eigenvalue weighted by Crippen LogP contribution is -2.14. The highest BCUT2D eigenvalue weighted by Crippen LogP contribution is 2.47. The number of ether oxygens (including phenoxy) is 1. The van der Waals surface area contributed by atoms with Crippen molar-refractivity contribution in [3.63, 3.8) is 0 Å². The largest absolute Gasteiger partial charge is 0.436 e. The summed E-state index contributed by atoms with van der Waals surface area (Å²) in [7, 11) is 0. The average molecular weight is 505 g/mol. The number of rotatable bonds is 4. The molecule has 1 aliphatic heterocycles. The van der Waals surface area contributed by atoms with Crippen molar-refractivity contribution in [2.24, 2.45) is 0 Å². The zero-order chi connectivity index (χ0) is 25.0. The molecule has 7 nitrogen and oxygen atoms in total. The molecule has 3 aromatic heterocycles. The molecule has 4 heterocycles. The molecule has 2 aromatic carbocycles. The summed E-state index contributed by atoms with van der Waals surface area (Å²) in [4.78, 5) is 14.9. The van der Waals surface area contributed by atoms with Crippen molar-refractivity contribution >= 4 is 39.8 Å². The highest BCUT2D eigenvalue weighted by atomic mass is 35.5. The Labute approximate surface area is 209 Å². The summed E-state index contributed by atoms with van der Waals surface area (Å²) in [5.74, 6) is 0.0311. The Morgan fingerprint density at radius 3 is 2.64 bits per heavy atom. The van der Waals surface area contributed by atoms with Crippen LogP contribution in [0.3, 0.4) is 0 Å². The van der Waals surface area contributed by atoms with Gasteiger partial charge in [0.2, 0.25) is 5.88 Å². The van der Waals surface area contributed by atoms with E-state index in [0.29, 0.717) is 46.8 Å². The lowest BCUT2D eigenvalue weighted by Gasteiger charge is -2.20. The van der Waals surface area contributed by atoms with Gasteiger partial charge in [-0.05, 0) is 48.9 Å². The summed E-state index contributed by atoms with van der Waals surface area (Å²) in [6.07, 6.45) is 1.40. The van der Waals surface area contributed by atoms with Crippen molar-refractivity contribution < 1.29 is 13.5 Å². The van der Waals surface area contributed by atoms with Gasteiger partial charge in [-0.2, -0.15) is 0 Å². The summed E-state index contributed by atoms with van der Waals surface area (Å²) < 4.78 is 36.8. The Kier molecular flexibility index (Phi) is 5.22. The fourth-order valence-corrected chi connectivity index (χ4v) is 4.79. The van der Waals surface area contributed by atoms with Crippen LogP contribution in [0.4, 0.5) is 26.0 Å². The summed E-state index contributed by atoms with van der Waals surface area (Å²) in [5, 5.41) is 0.850. The fraction of sp³-hybridized carbons (Fsp3) is 0.115. The van der Waals surface area contributed by atoms with Crippen molar-refractivity contribution in [1.82, 2.24) is 19.5 Å². The normalized spacial score (nSPS) is 12.8. The van der Waals surface area contributed by atoms with Crippen LogP contribution in [0.25, 0.3) is 22.2 Å². The SMILES string of the molecule is Cc1cccc(Oc2ccc(-c3c4n(c5ncnc(Cl)c35)CCN4c3ccc(F)c(N)c3)cc2F)n1. The molecule has 0 amide bonds. The highest BCUT2D eigenvalue weighted by molar-refractivity contribution is 6.35. The minimum absolute atomic E-state index is 0.0405. The number of aryl methyl sites for hydroxylation is 1. The lowest BCUT2D eigenvalue weighted by atomic mass is 10.0. The van der Waals surface area contributed by atoms with E-state index in [4.69, 9.17) is 22.1 Å². The maximum absolute atomic E-state index is 15.3. The average Bonchev–Trinajstić information content (AvgIpc) is 3.42. The van der Waals surface area contributed by atoms with Gasteiger partial charge in [0, 0.05) is 36.1 Å². The number of fused-ring (bicyclic) bond motifs is 3. The van der Waals surface area contributed by atoms with Gasteiger partial charge in [-0.25, -0.2) is 23.7 Å². The van der Waals surface area contributed by atoms with Gasteiger partial charge in [0.15, 0.2) is 11.6 Å². The predicted molar refractivity (Wildman–Crippen MR) is 135 cm³/mol. The number of nitrogens with two attached hydrogens (primary N) is 1. The van der Waals surface area contributed by atoms with Crippen LogP contribution in [-0.2, 0) is 6.54 Å². The molecule has 0 fully saturated rings. The molecule has 0 aliphatic carbocycles. The quantitative estimate of drug-likeness (QED) is 0.230. The van der Waals surface area contributed by atoms with E-state index in [1.54, 1.807) is 36.4 Å². The van der Waals surface area contributed by atoms with Gasteiger partial charge in [-0.3, -0.25) is 0 Å². The van der Waals surface area contributed by atoms with Crippen LogP contribution in [0.2, 0.25) is 5.15 Å². The minimum Gasteiger partial charge on any atom is -0.436 e. The molecule has 0 unspecified atom stereocenters. The summed E-state index contributed by atoms with van der Waals surface area (Å²) in [6.45, 7) is 3.02. The molecule has 0 saturated carbocycles. The third-order valence-corrected chi connectivity index (χ3v) is 6.44. The minimum atomic E-state index is -0.563. The molecule has 0 radical (unpaired) electrons. The van der Waals surface area contributed by atoms with E-state index >= 15 is 4.39 Å². The molecule has 0 bridgehead atoms. The summed E-state index contributed by atoms with van der Waals surface area (Å²) in [6, 6.07) is 14.5. The van der Waals surface area contributed by atoms with E-state index in [2.05, 4.69) is 15.0 Å².